The zero-order valence-electron chi connectivity index (χ0n) is 7.03. The maximum atomic E-state index is 9.45. The molecule has 0 aromatic carbocycles. The van der Waals surface area contributed by atoms with Gasteiger partial charge in [-0.2, -0.15) is 5.26 Å². The first kappa shape index (κ1) is 8.75. The smallest absolute Gasteiger partial charge is 0.139 e. The molecule has 0 spiro atoms. The second-order valence-electron chi connectivity index (χ2n) is 2.62. The first-order chi connectivity index (χ1) is 5.66. The highest BCUT2D eigenvalue weighted by Gasteiger charge is 2.17. The van der Waals surface area contributed by atoms with Gasteiger partial charge in [-0.05, 0) is 13.8 Å². The molecule has 0 aliphatic rings. The van der Waals surface area contributed by atoms with Gasteiger partial charge in [0.15, 0.2) is 0 Å². The van der Waals surface area contributed by atoms with Crippen molar-refractivity contribution < 1.29 is 9.63 Å². The van der Waals surface area contributed by atoms with E-state index in [1.807, 2.05) is 6.07 Å². The molecule has 1 heterocycles. The van der Waals surface area contributed by atoms with Crippen molar-refractivity contribution in [1.82, 2.24) is 5.16 Å². The van der Waals surface area contributed by atoms with E-state index in [0.29, 0.717) is 17.0 Å². The minimum atomic E-state index is -0.777. The van der Waals surface area contributed by atoms with Gasteiger partial charge in [0.05, 0.1) is 24.3 Å². The normalized spacial score (nSPS) is 12.5. The molecule has 64 valence electrons. The Morgan fingerprint density at radius 2 is 2.33 bits per heavy atom. The van der Waals surface area contributed by atoms with Crippen LogP contribution in [0.5, 0.6) is 0 Å². The number of aliphatic hydroxyl groups is 1. The Morgan fingerprint density at radius 1 is 1.67 bits per heavy atom. The topological polar surface area (TPSA) is 70.1 Å². The quantitative estimate of drug-likeness (QED) is 0.717. The highest BCUT2D eigenvalue weighted by atomic mass is 16.5. The molecule has 0 amide bonds. The van der Waals surface area contributed by atoms with Crippen molar-refractivity contribution in [2.45, 2.75) is 26.4 Å². The minimum absolute atomic E-state index is 0.0723. The SMILES string of the molecule is Cc1noc(C)c1C(O)CC#N. The molecule has 4 nitrogen and oxygen atoms in total. The van der Waals surface area contributed by atoms with Crippen LogP contribution in [0.3, 0.4) is 0 Å². The van der Waals surface area contributed by atoms with Gasteiger partial charge < -0.3 is 9.63 Å². The molecule has 0 fully saturated rings. The summed E-state index contributed by atoms with van der Waals surface area (Å²) in [5.74, 6) is 0.579. The molecule has 1 rings (SSSR count). The molecule has 1 N–H and O–H groups in total. The summed E-state index contributed by atoms with van der Waals surface area (Å²) in [6, 6.07) is 1.89. The van der Waals surface area contributed by atoms with E-state index in [4.69, 9.17) is 9.78 Å². The number of aliphatic hydroxyl groups excluding tert-OH is 1. The Morgan fingerprint density at radius 3 is 2.75 bits per heavy atom. The largest absolute Gasteiger partial charge is 0.387 e. The van der Waals surface area contributed by atoms with E-state index in [0.717, 1.165) is 0 Å². The lowest BCUT2D eigenvalue weighted by Crippen LogP contribution is -1.98. The molecule has 1 atom stereocenters. The highest BCUT2D eigenvalue weighted by Crippen LogP contribution is 2.22. The number of rotatable bonds is 2. The van der Waals surface area contributed by atoms with Gasteiger partial charge in [-0.3, -0.25) is 0 Å². The minimum Gasteiger partial charge on any atom is -0.387 e. The van der Waals surface area contributed by atoms with E-state index >= 15 is 0 Å². The van der Waals surface area contributed by atoms with E-state index in [2.05, 4.69) is 5.16 Å². The molecule has 0 aliphatic carbocycles. The molecule has 1 aromatic heterocycles. The Kier molecular flexibility index (Phi) is 2.46. The van der Waals surface area contributed by atoms with Crippen molar-refractivity contribution in [2.75, 3.05) is 0 Å². The molecular formula is C8H10N2O2. The second kappa shape index (κ2) is 3.37. The summed E-state index contributed by atoms with van der Waals surface area (Å²) >= 11 is 0. The van der Waals surface area contributed by atoms with Gasteiger partial charge in [0, 0.05) is 5.56 Å². The van der Waals surface area contributed by atoms with Crippen LogP contribution < -0.4 is 0 Å². The van der Waals surface area contributed by atoms with Gasteiger partial charge >= 0.3 is 0 Å². The second-order valence-corrected chi connectivity index (χ2v) is 2.62. The number of nitriles is 1. The standard InChI is InChI=1S/C8H10N2O2/c1-5-8(6(2)12-10-5)7(11)3-4-9/h7,11H,3H2,1-2H3. The molecule has 0 saturated carbocycles. The molecule has 0 bridgehead atoms. The van der Waals surface area contributed by atoms with Crippen molar-refractivity contribution in [3.63, 3.8) is 0 Å². The van der Waals surface area contributed by atoms with Crippen LogP contribution in [0.25, 0.3) is 0 Å². The van der Waals surface area contributed by atoms with E-state index < -0.39 is 6.10 Å². The lowest BCUT2D eigenvalue weighted by atomic mass is 10.1. The summed E-state index contributed by atoms with van der Waals surface area (Å²) in [7, 11) is 0. The fourth-order valence-corrected chi connectivity index (χ4v) is 1.15. The first-order valence-electron chi connectivity index (χ1n) is 3.64. The fourth-order valence-electron chi connectivity index (χ4n) is 1.15. The summed E-state index contributed by atoms with van der Waals surface area (Å²) in [6.07, 6.45) is -0.704. The lowest BCUT2D eigenvalue weighted by Gasteiger charge is -2.03. The third kappa shape index (κ3) is 1.46. The van der Waals surface area contributed by atoms with Gasteiger partial charge in [0.2, 0.25) is 0 Å². The lowest BCUT2D eigenvalue weighted by molar-refractivity contribution is 0.180. The third-order valence-corrected chi connectivity index (χ3v) is 1.71. The predicted octanol–water partition coefficient (Wildman–Crippen LogP) is 1.24. The zero-order chi connectivity index (χ0) is 9.14. The van der Waals surface area contributed by atoms with Gasteiger partial charge in [-0.25, -0.2) is 0 Å². The Labute approximate surface area is 70.4 Å². The van der Waals surface area contributed by atoms with E-state index in [-0.39, 0.29) is 6.42 Å². The van der Waals surface area contributed by atoms with Crippen LogP contribution in [-0.4, -0.2) is 10.3 Å². The van der Waals surface area contributed by atoms with Crippen LogP contribution in [0.1, 0.15) is 29.5 Å². The Hall–Kier alpha value is -1.34. The fraction of sp³-hybridized carbons (Fsp3) is 0.500. The first-order valence-corrected chi connectivity index (χ1v) is 3.64. The van der Waals surface area contributed by atoms with Gasteiger partial charge in [-0.15, -0.1) is 0 Å². The van der Waals surface area contributed by atoms with E-state index in [1.54, 1.807) is 13.8 Å². The Bertz CT molecular complexity index is 292. The van der Waals surface area contributed by atoms with Crippen molar-refractivity contribution in [2.24, 2.45) is 0 Å². The molecule has 4 heteroatoms. The highest BCUT2D eigenvalue weighted by molar-refractivity contribution is 5.24. The predicted molar refractivity (Wildman–Crippen MR) is 41.2 cm³/mol. The average molecular weight is 166 g/mol. The van der Waals surface area contributed by atoms with Crippen LogP contribution in [0.2, 0.25) is 0 Å². The number of hydrogen-bond acceptors (Lipinski definition) is 4. The average Bonchev–Trinajstić information content (AvgIpc) is 2.32. The number of nitrogens with zero attached hydrogens (tertiary/aromatic N) is 2. The van der Waals surface area contributed by atoms with Crippen LogP contribution in [0, 0.1) is 25.2 Å². The van der Waals surface area contributed by atoms with Gasteiger partial charge in [0.25, 0.3) is 0 Å². The zero-order valence-corrected chi connectivity index (χ0v) is 7.03. The Balaban J connectivity index is 2.94. The van der Waals surface area contributed by atoms with Crippen molar-refractivity contribution >= 4 is 0 Å². The summed E-state index contributed by atoms with van der Waals surface area (Å²) in [5, 5.41) is 21.5. The monoisotopic (exact) mass is 166 g/mol. The molecule has 0 saturated heterocycles. The summed E-state index contributed by atoms with van der Waals surface area (Å²) in [5.41, 5.74) is 1.28. The van der Waals surface area contributed by atoms with Crippen molar-refractivity contribution in [3.8, 4) is 6.07 Å². The van der Waals surface area contributed by atoms with Gasteiger partial charge in [0.1, 0.15) is 5.76 Å². The molecular weight excluding hydrogens is 156 g/mol. The van der Waals surface area contributed by atoms with Gasteiger partial charge in [-0.1, -0.05) is 5.16 Å². The van der Waals surface area contributed by atoms with Crippen LogP contribution in [0.4, 0.5) is 0 Å². The maximum Gasteiger partial charge on any atom is 0.139 e. The van der Waals surface area contributed by atoms with E-state index in [1.165, 1.54) is 0 Å². The van der Waals surface area contributed by atoms with Crippen LogP contribution in [-0.2, 0) is 0 Å². The number of hydrogen-bond donors (Lipinski definition) is 1. The third-order valence-electron chi connectivity index (χ3n) is 1.71. The van der Waals surface area contributed by atoms with Crippen molar-refractivity contribution in [3.05, 3.63) is 17.0 Å². The van der Waals surface area contributed by atoms with Crippen molar-refractivity contribution in [1.29, 1.82) is 5.26 Å². The van der Waals surface area contributed by atoms with Crippen LogP contribution in [0.15, 0.2) is 4.52 Å². The van der Waals surface area contributed by atoms with Crippen LogP contribution >= 0.6 is 0 Å². The summed E-state index contributed by atoms with van der Waals surface area (Å²) in [6.45, 7) is 3.46. The molecule has 0 aliphatic heterocycles. The molecule has 1 aromatic rings. The number of aromatic nitrogens is 1. The van der Waals surface area contributed by atoms with E-state index in [9.17, 15) is 5.11 Å². The summed E-state index contributed by atoms with van der Waals surface area (Å²) < 4.78 is 4.84. The molecule has 1 unspecified atom stereocenters. The number of aryl methyl sites for hydroxylation is 2. The summed E-state index contributed by atoms with van der Waals surface area (Å²) in [4.78, 5) is 0. The molecule has 0 radical (unpaired) electrons. The maximum absolute atomic E-state index is 9.45. The molecule has 12 heavy (non-hydrogen) atoms.